The number of amides is 1. The van der Waals surface area contributed by atoms with Crippen molar-refractivity contribution in [2.24, 2.45) is 0 Å². The summed E-state index contributed by atoms with van der Waals surface area (Å²) >= 11 is 0.917. The van der Waals surface area contributed by atoms with E-state index in [2.05, 4.69) is 5.32 Å². The van der Waals surface area contributed by atoms with Crippen molar-refractivity contribution in [3.63, 3.8) is 0 Å². The quantitative estimate of drug-likeness (QED) is 0.793. The van der Waals surface area contributed by atoms with Crippen molar-refractivity contribution in [3.05, 3.63) is 17.0 Å². The van der Waals surface area contributed by atoms with Crippen LogP contribution in [-0.4, -0.2) is 34.2 Å². The third-order valence-electron chi connectivity index (χ3n) is 2.33. The molecule has 10 heteroatoms. The monoisotopic (exact) mass is 345 g/mol. The second-order valence-corrected chi connectivity index (χ2v) is 10.2. The Hall–Kier alpha value is -0.640. The smallest absolute Gasteiger partial charge is 0.270 e. The minimum absolute atomic E-state index is 0.0189. The molecule has 0 fully saturated rings. The van der Waals surface area contributed by atoms with Gasteiger partial charge in [0.15, 0.2) is 9.84 Å². The zero-order valence-electron chi connectivity index (χ0n) is 10.1. The highest BCUT2D eigenvalue weighted by atomic mass is 35.7. The van der Waals surface area contributed by atoms with Crippen LogP contribution >= 0.6 is 22.0 Å². The highest BCUT2D eigenvalue weighted by Crippen LogP contribution is 2.24. The molecular formula is C9H12ClNO5S3. The van der Waals surface area contributed by atoms with E-state index in [1.54, 1.807) is 0 Å². The number of sulfone groups is 1. The number of nitrogens with one attached hydrogen (secondary N) is 1. The van der Waals surface area contributed by atoms with Gasteiger partial charge in [-0.05, 0) is 19.1 Å². The van der Waals surface area contributed by atoms with Gasteiger partial charge in [-0.15, -0.1) is 11.3 Å². The fourth-order valence-electron chi connectivity index (χ4n) is 1.10. The van der Waals surface area contributed by atoms with E-state index in [-0.39, 0.29) is 10.8 Å². The number of halogens is 1. The summed E-state index contributed by atoms with van der Waals surface area (Å²) in [6, 6.07) is 2.83. The van der Waals surface area contributed by atoms with Crippen molar-refractivity contribution in [2.45, 2.75) is 22.9 Å². The average Bonchev–Trinajstić information content (AvgIpc) is 2.71. The molecule has 1 unspecified atom stereocenters. The van der Waals surface area contributed by atoms with Crippen molar-refractivity contribution in [1.29, 1.82) is 0 Å². The zero-order valence-corrected chi connectivity index (χ0v) is 13.3. The molecule has 1 rings (SSSR count). The van der Waals surface area contributed by atoms with Gasteiger partial charge in [0, 0.05) is 21.8 Å². The first-order valence-corrected chi connectivity index (χ1v) is 10.1. The molecule has 0 bridgehead atoms. The molecule has 0 aliphatic carbocycles. The van der Waals surface area contributed by atoms with E-state index >= 15 is 0 Å². The van der Waals surface area contributed by atoms with Crippen LogP contribution in [0.4, 0.5) is 0 Å². The molecule has 19 heavy (non-hydrogen) atoms. The van der Waals surface area contributed by atoms with E-state index in [1.165, 1.54) is 19.1 Å². The summed E-state index contributed by atoms with van der Waals surface area (Å²) in [4.78, 5) is 12.1. The lowest BCUT2D eigenvalue weighted by molar-refractivity contribution is -0.120. The van der Waals surface area contributed by atoms with Crippen molar-refractivity contribution in [1.82, 2.24) is 5.32 Å². The van der Waals surface area contributed by atoms with Crippen LogP contribution in [-0.2, 0) is 30.2 Å². The minimum atomic E-state index is -3.78. The second-order valence-electron chi connectivity index (χ2n) is 3.85. The number of carbonyl (C=O) groups is 1. The molecule has 0 radical (unpaired) electrons. The van der Waals surface area contributed by atoms with Crippen LogP contribution in [0.15, 0.2) is 16.3 Å². The summed E-state index contributed by atoms with van der Waals surface area (Å²) in [5.41, 5.74) is 0. The molecule has 0 aliphatic rings. The number of thiophene rings is 1. The fraction of sp³-hybridized carbons (Fsp3) is 0.444. The first-order valence-electron chi connectivity index (χ1n) is 5.02. The molecule has 1 heterocycles. The predicted molar refractivity (Wildman–Crippen MR) is 73.5 cm³/mol. The summed E-state index contributed by atoms with van der Waals surface area (Å²) < 4.78 is 44.4. The van der Waals surface area contributed by atoms with E-state index in [9.17, 15) is 21.6 Å². The van der Waals surface area contributed by atoms with Gasteiger partial charge in [-0.3, -0.25) is 4.79 Å². The molecule has 1 N–H and O–H groups in total. The summed E-state index contributed by atoms with van der Waals surface area (Å²) in [5.74, 6) is -0.633. The Kier molecular flexibility index (Phi) is 4.99. The number of hydrogen-bond acceptors (Lipinski definition) is 6. The Morgan fingerprint density at radius 3 is 2.37 bits per heavy atom. The van der Waals surface area contributed by atoms with Crippen LogP contribution in [0.1, 0.15) is 11.8 Å². The first-order chi connectivity index (χ1) is 8.51. The number of carbonyl (C=O) groups excluding carboxylic acids is 1. The van der Waals surface area contributed by atoms with Gasteiger partial charge in [0.05, 0.1) is 6.54 Å². The molecule has 0 saturated heterocycles. The maximum Gasteiger partial charge on any atom is 0.270 e. The van der Waals surface area contributed by atoms with Gasteiger partial charge in [-0.2, -0.15) is 0 Å². The molecule has 0 aromatic carbocycles. The average molecular weight is 346 g/mol. The van der Waals surface area contributed by atoms with Gasteiger partial charge in [-0.1, -0.05) is 0 Å². The normalized spacial score (nSPS) is 14.1. The highest BCUT2D eigenvalue weighted by Gasteiger charge is 2.23. The van der Waals surface area contributed by atoms with Crippen molar-refractivity contribution >= 4 is 46.8 Å². The largest absolute Gasteiger partial charge is 0.350 e. The summed E-state index contributed by atoms with van der Waals surface area (Å²) in [5, 5.41) is 1.28. The molecule has 1 atom stereocenters. The van der Waals surface area contributed by atoms with Gasteiger partial charge >= 0.3 is 0 Å². The van der Waals surface area contributed by atoms with Gasteiger partial charge in [-0.25, -0.2) is 16.8 Å². The molecule has 0 aliphatic heterocycles. The van der Waals surface area contributed by atoms with Crippen LogP contribution in [0.3, 0.4) is 0 Å². The van der Waals surface area contributed by atoms with E-state index < -0.39 is 30.0 Å². The van der Waals surface area contributed by atoms with Gasteiger partial charge in [0.25, 0.3) is 9.05 Å². The maximum atomic E-state index is 11.5. The molecule has 1 aromatic rings. The molecule has 1 amide bonds. The first kappa shape index (κ1) is 16.4. The lowest BCUT2D eigenvalue weighted by atomic mass is 10.4. The number of hydrogen-bond donors (Lipinski definition) is 1. The van der Waals surface area contributed by atoms with Crippen molar-refractivity contribution in [2.75, 3.05) is 6.26 Å². The molecule has 108 valence electrons. The van der Waals surface area contributed by atoms with Crippen LogP contribution in [0, 0.1) is 0 Å². The topological polar surface area (TPSA) is 97.4 Å². The number of rotatable bonds is 5. The molecular weight excluding hydrogens is 334 g/mol. The van der Waals surface area contributed by atoms with Crippen LogP contribution in [0.2, 0.25) is 0 Å². The van der Waals surface area contributed by atoms with E-state index in [4.69, 9.17) is 10.7 Å². The minimum Gasteiger partial charge on any atom is -0.350 e. The van der Waals surface area contributed by atoms with Gasteiger partial charge in [0.1, 0.15) is 9.46 Å². The van der Waals surface area contributed by atoms with E-state index in [0.717, 1.165) is 17.6 Å². The van der Waals surface area contributed by atoms with Gasteiger partial charge < -0.3 is 5.32 Å². The summed E-state index contributed by atoms with van der Waals surface area (Å²) in [6.07, 6.45) is 0.973. The van der Waals surface area contributed by atoms with E-state index in [0.29, 0.717) is 4.88 Å². The lowest BCUT2D eigenvalue weighted by Crippen LogP contribution is -2.36. The fourth-order valence-corrected chi connectivity index (χ4v) is 3.63. The Morgan fingerprint density at radius 2 is 1.95 bits per heavy atom. The summed E-state index contributed by atoms with van der Waals surface area (Å²) in [6.45, 7) is 1.34. The SMILES string of the molecule is CC(C(=O)NCc1ccc(S(=O)(=O)Cl)s1)S(C)(=O)=O. The standard InChI is InChI=1S/C9H12ClNO5S3/c1-6(18(2,13)14)9(12)11-5-7-3-4-8(17-7)19(10,15)16/h3-4,6H,5H2,1-2H3,(H,11,12). The molecule has 0 saturated carbocycles. The predicted octanol–water partition coefficient (Wildman–Crippen LogP) is 0.725. The third kappa shape index (κ3) is 4.75. The van der Waals surface area contributed by atoms with E-state index in [1.807, 2.05) is 0 Å². The summed E-state index contributed by atoms with van der Waals surface area (Å²) in [7, 11) is -2.07. The van der Waals surface area contributed by atoms with Gasteiger partial charge in [0.2, 0.25) is 5.91 Å². The Balaban J connectivity index is 2.69. The maximum absolute atomic E-state index is 11.5. The van der Waals surface area contributed by atoms with Crippen molar-refractivity contribution < 1.29 is 21.6 Å². The Labute approximate surface area is 120 Å². The second kappa shape index (κ2) is 5.78. The van der Waals surface area contributed by atoms with Crippen LogP contribution in [0.5, 0.6) is 0 Å². The Bertz CT molecular complexity index is 676. The molecule has 1 aromatic heterocycles. The third-order valence-corrected chi connectivity index (χ3v) is 7.00. The van der Waals surface area contributed by atoms with Crippen molar-refractivity contribution in [3.8, 4) is 0 Å². The molecule has 0 spiro atoms. The molecule has 6 nitrogen and oxygen atoms in total. The van der Waals surface area contributed by atoms with Crippen LogP contribution in [0.25, 0.3) is 0 Å². The van der Waals surface area contributed by atoms with Crippen LogP contribution < -0.4 is 5.32 Å². The zero-order chi connectivity index (χ0) is 14.8. The lowest BCUT2D eigenvalue weighted by Gasteiger charge is -2.09. The highest BCUT2D eigenvalue weighted by molar-refractivity contribution is 8.15. The Morgan fingerprint density at radius 1 is 1.37 bits per heavy atom.